The van der Waals surface area contributed by atoms with Gasteiger partial charge in [-0.3, -0.25) is 4.79 Å². The van der Waals surface area contributed by atoms with E-state index < -0.39 is 6.10 Å². The van der Waals surface area contributed by atoms with Gasteiger partial charge >= 0.3 is 0 Å². The first-order valence-corrected chi connectivity index (χ1v) is 8.93. The van der Waals surface area contributed by atoms with Gasteiger partial charge in [-0.1, -0.05) is 37.3 Å². The minimum atomic E-state index is -0.541. The predicted molar refractivity (Wildman–Crippen MR) is 103 cm³/mol. The fourth-order valence-electron chi connectivity index (χ4n) is 2.77. The van der Waals surface area contributed by atoms with E-state index in [4.69, 9.17) is 4.74 Å². The van der Waals surface area contributed by atoms with Crippen molar-refractivity contribution in [3.05, 3.63) is 64.2 Å². The van der Waals surface area contributed by atoms with Crippen LogP contribution in [0.4, 0.5) is 0 Å². The highest BCUT2D eigenvalue weighted by Gasteiger charge is 2.20. The molecular weight excluding hydrogens is 310 g/mol. The van der Waals surface area contributed by atoms with Crippen LogP contribution in [0.1, 0.15) is 54.1 Å². The van der Waals surface area contributed by atoms with E-state index >= 15 is 0 Å². The molecule has 0 spiro atoms. The van der Waals surface area contributed by atoms with Crippen LogP contribution >= 0.6 is 0 Å². The Bertz CT molecular complexity index is 752. The highest BCUT2D eigenvalue weighted by atomic mass is 16.5. The van der Waals surface area contributed by atoms with Gasteiger partial charge in [-0.2, -0.15) is 0 Å². The van der Waals surface area contributed by atoms with Crippen molar-refractivity contribution >= 4 is 5.91 Å². The lowest BCUT2D eigenvalue weighted by molar-refractivity contribution is -0.128. The van der Waals surface area contributed by atoms with Gasteiger partial charge in [0, 0.05) is 0 Å². The van der Waals surface area contributed by atoms with Crippen molar-refractivity contribution in [3.63, 3.8) is 0 Å². The molecule has 1 amide bonds. The van der Waals surface area contributed by atoms with Crippen molar-refractivity contribution in [1.29, 1.82) is 0 Å². The van der Waals surface area contributed by atoms with E-state index in [1.54, 1.807) is 6.92 Å². The van der Waals surface area contributed by atoms with E-state index in [-0.39, 0.29) is 11.9 Å². The monoisotopic (exact) mass is 339 g/mol. The number of amides is 1. The second-order valence-corrected chi connectivity index (χ2v) is 6.84. The summed E-state index contributed by atoms with van der Waals surface area (Å²) in [5.41, 5.74) is 5.79. The molecule has 0 radical (unpaired) electrons. The van der Waals surface area contributed by atoms with Gasteiger partial charge in [0.1, 0.15) is 5.75 Å². The maximum Gasteiger partial charge on any atom is 0.261 e. The van der Waals surface area contributed by atoms with Crippen LogP contribution in [0.5, 0.6) is 5.75 Å². The van der Waals surface area contributed by atoms with Gasteiger partial charge in [0.2, 0.25) is 0 Å². The predicted octanol–water partition coefficient (Wildman–Crippen LogP) is 4.96. The summed E-state index contributed by atoms with van der Waals surface area (Å²) in [5, 5.41) is 3.12. The number of rotatable bonds is 6. The molecule has 25 heavy (non-hydrogen) atoms. The van der Waals surface area contributed by atoms with Gasteiger partial charge in [0.15, 0.2) is 6.10 Å². The number of carbonyl (C=O) groups is 1. The SMILES string of the molecule is CC[C@@H](NC(=O)[C@@H](C)Oc1cc(C)ccc1C)c1ccc(C)c(C)c1. The van der Waals surface area contributed by atoms with E-state index in [0.717, 1.165) is 28.9 Å². The molecule has 0 saturated heterocycles. The van der Waals surface area contributed by atoms with Crippen LogP contribution < -0.4 is 10.1 Å². The largest absolute Gasteiger partial charge is 0.481 e. The summed E-state index contributed by atoms with van der Waals surface area (Å²) >= 11 is 0. The molecule has 0 heterocycles. The number of aryl methyl sites for hydroxylation is 4. The molecule has 0 unspecified atom stereocenters. The summed E-state index contributed by atoms with van der Waals surface area (Å²) in [6.45, 7) is 12.1. The lowest BCUT2D eigenvalue weighted by Crippen LogP contribution is -2.38. The molecule has 3 heteroatoms. The van der Waals surface area contributed by atoms with E-state index in [0.29, 0.717) is 0 Å². The smallest absolute Gasteiger partial charge is 0.261 e. The summed E-state index contributed by atoms with van der Waals surface area (Å²) < 4.78 is 5.90. The van der Waals surface area contributed by atoms with Crippen LogP contribution in [0.3, 0.4) is 0 Å². The molecule has 2 rings (SSSR count). The lowest BCUT2D eigenvalue weighted by atomic mass is 9.99. The van der Waals surface area contributed by atoms with Crippen LogP contribution in [0.15, 0.2) is 36.4 Å². The molecule has 0 saturated carbocycles. The normalized spacial score (nSPS) is 13.2. The van der Waals surface area contributed by atoms with Gasteiger partial charge in [-0.05, 0) is 74.9 Å². The van der Waals surface area contributed by atoms with E-state index in [1.165, 1.54) is 11.1 Å². The molecule has 134 valence electrons. The van der Waals surface area contributed by atoms with Gasteiger partial charge in [-0.25, -0.2) is 0 Å². The Balaban J connectivity index is 2.08. The van der Waals surface area contributed by atoms with Gasteiger partial charge in [-0.15, -0.1) is 0 Å². The van der Waals surface area contributed by atoms with Crippen LogP contribution in [0, 0.1) is 27.7 Å². The van der Waals surface area contributed by atoms with E-state index in [1.807, 2.05) is 32.0 Å². The average Bonchev–Trinajstić information content (AvgIpc) is 2.58. The topological polar surface area (TPSA) is 38.3 Å². The highest BCUT2D eigenvalue weighted by Crippen LogP contribution is 2.22. The fraction of sp³-hybridized carbons (Fsp3) is 0.409. The van der Waals surface area contributed by atoms with E-state index in [9.17, 15) is 4.79 Å². The minimum absolute atomic E-state index is 0.00328. The Morgan fingerprint density at radius 1 is 1.00 bits per heavy atom. The lowest BCUT2D eigenvalue weighted by Gasteiger charge is -2.22. The molecule has 2 aromatic carbocycles. The number of benzene rings is 2. The molecule has 3 nitrogen and oxygen atoms in total. The first-order chi connectivity index (χ1) is 11.8. The third kappa shape index (κ3) is 4.85. The Hall–Kier alpha value is -2.29. The molecule has 2 aromatic rings. The number of carbonyl (C=O) groups excluding carboxylic acids is 1. The molecule has 0 aliphatic rings. The number of nitrogens with one attached hydrogen (secondary N) is 1. The first kappa shape index (κ1) is 19.0. The van der Waals surface area contributed by atoms with Crippen molar-refractivity contribution in [2.45, 2.75) is 60.1 Å². The Morgan fingerprint density at radius 2 is 1.68 bits per heavy atom. The molecule has 0 fully saturated rings. The zero-order valence-electron chi connectivity index (χ0n) is 16.1. The number of ether oxygens (including phenoxy) is 1. The highest BCUT2D eigenvalue weighted by molar-refractivity contribution is 5.81. The number of hydrogen-bond donors (Lipinski definition) is 1. The van der Waals surface area contributed by atoms with E-state index in [2.05, 4.69) is 44.3 Å². The second-order valence-electron chi connectivity index (χ2n) is 6.84. The maximum absolute atomic E-state index is 12.6. The molecule has 0 bridgehead atoms. The quantitative estimate of drug-likeness (QED) is 0.808. The molecule has 0 aromatic heterocycles. The third-order valence-corrected chi connectivity index (χ3v) is 4.67. The van der Waals surface area contributed by atoms with Gasteiger partial charge in [0.25, 0.3) is 5.91 Å². The first-order valence-electron chi connectivity index (χ1n) is 8.93. The minimum Gasteiger partial charge on any atom is -0.481 e. The van der Waals surface area contributed by atoms with Crippen LogP contribution in [-0.2, 0) is 4.79 Å². The Kier molecular flexibility index (Phi) is 6.24. The zero-order valence-corrected chi connectivity index (χ0v) is 16.1. The molecular formula is C22H29NO2. The summed E-state index contributed by atoms with van der Waals surface area (Å²) in [5.74, 6) is 0.674. The molecule has 1 N–H and O–H groups in total. The van der Waals surface area contributed by atoms with Crippen molar-refractivity contribution in [1.82, 2.24) is 5.32 Å². The number of hydrogen-bond acceptors (Lipinski definition) is 2. The summed E-state index contributed by atoms with van der Waals surface area (Å²) in [6, 6.07) is 12.4. The molecule has 0 aliphatic carbocycles. The summed E-state index contributed by atoms with van der Waals surface area (Å²) in [6.07, 6.45) is 0.297. The summed E-state index contributed by atoms with van der Waals surface area (Å²) in [4.78, 5) is 12.6. The van der Waals surface area contributed by atoms with Crippen LogP contribution in [0.25, 0.3) is 0 Å². The average molecular weight is 339 g/mol. The van der Waals surface area contributed by atoms with Gasteiger partial charge in [0.05, 0.1) is 6.04 Å². The Labute approximate surface area is 151 Å². The van der Waals surface area contributed by atoms with Gasteiger partial charge < -0.3 is 10.1 Å². The van der Waals surface area contributed by atoms with Crippen molar-refractivity contribution in [3.8, 4) is 5.75 Å². The van der Waals surface area contributed by atoms with Crippen LogP contribution in [0.2, 0.25) is 0 Å². The maximum atomic E-state index is 12.6. The standard InChI is InChI=1S/C22H29NO2/c1-7-20(19-11-10-15(3)17(5)13-19)23-22(24)18(6)25-21-12-14(2)8-9-16(21)4/h8-13,18,20H,7H2,1-6H3,(H,23,24)/t18-,20-/m1/s1. The second kappa shape index (κ2) is 8.19. The summed E-state index contributed by atoms with van der Waals surface area (Å²) in [7, 11) is 0. The fourth-order valence-corrected chi connectivity index (χ4v) is 2.77. The Morgan fingerprint density at radius 3 is 2.32 bits per heavy atom. The van der Waals surface area contributed by atoms with Crippen molar-refractivity contribution in [2.24, 2.45) is 0 Å². The molecule has 0 aliphatic heterocycles. The van der Waals surface area contributed by atoms with Crippen LogP contribution in [-0.4, -0.2) is 12.0 Å². The third-order valence-electron chi connectivity index (χ3n) is 4.67. The molecule has 2 atom stereocenters. The van der Waals surface area contributed by atoms with Crippen molar-refractivity contribution in [2.75, 3.05) is 0 Å². The van der Waals surface area contributed by atoms with Crippen molar-refractivity contribution < 1.29 is 9.53 Å². The zero-order chi connectivity index (χ0) is 18.6.